The van der Waals surface area contributed by atoms with Crippen LogP contribution in [0.15, 0.2) is 24.3 Å². The van der Waals surface area contributed by atoms with Gasteiger partial charge in [0.1, 0.15) is 0 Å². The molecule has 18 heavy (non-hydrogen) atoms. The first-order valence-electron chi connectivity index (χ1n) is 7.50. The molecule has 1 saturated carbocycles. The first kappa shape index (κ1) is 13.6. The van der Waals surface area contributed by atoms with Crippen LogP contribution in [0, 0.1) is 18.8 Å². The number of nitrogens with two attached hydrogens (primary N) is 1. The summed E-state index contributed by atoms with van der Waals surface area (Å²) in [6.07, 6.45) is 7.78. The van der Waals surface area contributed by atoms with E-state index in [-0.39, 0.29) is 0 Å². The Kier molecular flexibility index (Phi) is 4.82. The summed E-state index contributed by atoms with van der Waals surface area (Å²) in [6, 6.07) is 9.18. The van der Waals surface area contributed by atoms with E-state index in [0.29, 0.717) is 12.0 Å². The molecular weight excluding hydrogens is 218 g/mol. The van der Waals surface area contributed by atoms with Gasteiger partial charge < -0.3 is 5.73 Å². The van der Waals surface area contributed by atoms with Crippen molar-refractivity contribution in [2.45, 2.75) is 58.4 Å². The van der Waals surface area contributed by atoms with Crippen LogP contribution >= 0.6 is 0 Å². The van der Waals surface area contributed by atoms with Gasteiger partial charge in [-0.25, -0.2) is 0 Å². The van der Waals surface area contributed by atoms with E-state index < -0.39 is 0 Å². The number of aryl methyl sites for hydroxylation is 1. The third-order valence-electron chi connectivity index (χ3n) is 4.59. The maximum Gasteiger partial charge on any atom is 0.00705 e. The highest BCUT2D eigenvalue weighted by Gasteiger charge is 2.27. The van der Waals surface area contributed by atoms with Crippen molar-refractivity contribution < 1.29 is 0 Å². The summed E-state index contributed by atoms with van der Waals surface area (Å²) < 4.78 is 0. The normalized spacial score (nSPS) is 28.3. The Balaban J connectivity index is 2.00. The predicted molar refractivity (Wildman–Crippen MR) is 78.6 cm³/mol. The van der Waals surface area contributed by atoms with E-state index in [4.69, 9.17) is 5.73 Å². The molecule has 2 rings (SSSR count). The van der Waals surface area contributed by atoms with Gasteiger partial charge in [0, 0.05) is 6.04 Å². The van der Waals surface area contributed by atoms with Gasteiger partial charge in [0.05, 0.1) is 0 Å². The second-order valence-corrected chi connectivity index (χ2v) is 6.02. The van der Waals surface area contributed by atoms with E-state index in [1.807, 2.05) is 0 Å². The maximum atomic E-state index is 6.34. The first-order valence-corrected chi connectivity index (χ1v) is 7.50. The van der Waals surface area contributed by atoms with Crippen molar-refractivity contribution in [3.63, 3.8) is 0 Å². The van der Waals surface area contributed by atoms with Gasteiger partial charge >= 0.3 is 0 Å². The minimum atomic E-state index is 0.415. The van der Waals surface area contributed by atoms with E-state index in [9.17, 15) is 0 Å². The minimum Gasteiger partial charge on any atom is -0.327 e. The lowest BCUT2D eigenvalue weighted by molar-refractivity contribution is 0.221. The molecule has 1 aromatic rings. The molecule has 0 aromatic heterocycles. The smallest absolute Gasteiger partial charge is 0.00705 e. The Morgan fingerprint density at radius 3 is 2.72 bits per heavy atom. The standard InChI is InChI=1S/C17H27N/c1-3-6-14-9-10-17(18)16(11-14)12-15-8-5-4-7-13(15)2/h4-5,7-8,14,16-17H,3,6,9-12,18H2,1-2H3. The van der Waals surface area contributed by atoms with Gasteiger partial charge in [-0.2, -0.15) is 0 Å². The quantitative estimate of drug-likeness (QED) is 0.850. The minimum absolute atomic E-state index is 0.415. The lowest BCUT2D eigenvalue weighted by Crippen LogP contribution is -2.37. The molecule has 0 amide bonds. The van der Waals surface area contributed by atoms with E-state index in [2.05, 4.69) is 38.1 Å². The fourth-order valence-corrected chi connectivity index (χ4v) is 3.41. The molecule has 0 radical (unpaired) electrons. The largest absolute Gasteiger partial charge is 0.327 e. The van der Waals surface area contributed by atoms with Crippen molar-refractivity contribution in [2.24, 2.45) is 17.6 Å². The molecule has 0 heterocycles. The second-order valence-electron chi connectivity index (χ2n) is 6.02. The molecule has 1 aliphatic rings. The Morgan fingerprint density at radius 2 is 2.00 bits per heavy atom. The van der Waals surface area contributed by atoms with Crippen LogP contribution in [0.3, 0.4) is 0 Å². The summed E-state index contributed by atoms with van der Waals surface area (Å²) in [6.45, 7) is 4.51. The molecule has 0 saturated heterocycles. The van der Waals surface area contributed by atoms with Gasteiger partial charge in [0.2, 0.25) is 0 Å². The van der Waals surface area contributed by atoms with Crippen LogP contribution in [-0.2, 0) is 6.42 Å². The van der Waals surface area contributed by atoms with Gasteiger partial charge in [-0.05, 0) is 55.6 Å². The number of hydrogen-bond acceptors (Lipinski definition) is 1. The average Bonchev–Trinajstić information content (AvgIpc) is 2.36. The topological polar surface area (TPSA) is 26.0 Å². The van der Waals surface area contributed by atoms with Gasteiger partial charge in [-0.3, -0.25) is 0 Å². The summed E-state index contributed by atoms with van der Waals surface area (Å²) in [7, 11) is 0. The van der Waals surface area contributed by atoms with Crippen molar-refractivity contribution in [1.82, 2.24) is 0 Å². The Hall–Kier alpha value is -0.820. The molecule has 1 fully saturated rings. The van der Waals surface area contributed by atoms with Gasteiger partial charge in [-0.1, -0.05) is 44.0 Å². The highest BCUT2D eigenvalue weighted by atomic mass is 14.7. The molecule has 0 aliphatic heterocycles. The fraction of sp³-hybridized carbons (Fsp3) is 0.647. The van der Waals surface area contributed by atoms with Crippen LogP contribution in [0.25, 0.3) is 0 Å². The molecular formula is C17H27N. The van der Waals surface area contributed by atoms with E-state index in [1.165, 1.54) is 49.7 Å². The van der Waals surface area contributed by atoms with Gasteiger partial charge in [0.25, 0.3) is 0 Å². The van der Waals surface area contributed by atoms with Crippen molar-refractivity contribution in [3.8, 4) is 0 Å². The average molecular weight is 245 g/mol. The molecule has 1 heteroatoms. The van der Waals surface area contributed by atoms with Crippen LogP contribution in [0.2, 0.25) is 0 Å². The molecule has 3 atom stereocenters. The molecule has 0 bridgehead atoms. The van der Waals surface area contributed by atoms with Gasteiger partial charge in [-0.15, -0.1) is 0 Å². The van der Waals surface area contributed by atoms with Crippen LogP contribution in [0.1, 0.15) is 50.2 Å². The lowest BCUT2D eigenvalue weighted by Gasteiger charge is -2.34. The maximum absolute atomic E-state index is 6.34. The monoisotopic (exact) mass is 245 g/mol. The Bertz CT molecular complexity index is 372. The van der Waals surface area contributed by atoms with E-state index in [1.54, 1.807) is 0 Å². The Labute approximate surface area is 112 Å². The van der Waals surface area contributed by atoms with Crippen molar-refractivity contribution in [1.29, 1.82) is 0 Å². The number of hydrogen-bond donors (Lipinski definition) is 1. The molecule has 3 unspecified atom stereocenters. The van der Waals surface area contributed by atoms with Crippen LogP contribution in [0.5, 0.6) is 0 Å². The molecule has 1 aliphatic carbocycles. The van der Waals surface area contributed by atoms with Crippen molar-refractivity contribution in [2.75, 3.05) is 0 Å². The van der Waals surface area contributed by atoms with Crippen LogP contribution in [0.4, 0.5) is 0 Å². The highest BCUT2D eigenvalue weighted by Crippen LogP contribution is 2.33. The number of rotatable bonds is 4. The third kappa shape index (κ3) is 3.35. The summed E-state index contributed by atoms with van der Waals surface area (Å²) in [5.74, 6) is 1.61. The summed E-state index contributed by atoms with van der Waals surface area (Å²) in [5, 5.41) is 0. The first-order chi connectivity index (χ1) is 8.70. The van der Waals surface area contributed by atoms with Crippen LogP contribution in [-0.4, -0.2) is 6.04 Å². The number of benzene rings is 1. The predicted octanol–water partition coefficient (Wildman–Crippen LogP) is 4.08. The molecule has 0 spiro atoms. The van der Waals surface area contributed by atoms with Crippen molar-refractivity contribution >= 4 is 0 Å². The molecule has 100 valence electrons. The summed E-state index contributed by atoms with van der Waals surface area (Å²) in [5.41, 5.74) is 9.25. The van der Waals surface area contributed by atoms with Crippen molar-refractivity contribution in [3.05, 3.63) is 35.4 Å². The zero-order valence-electron chi connectivity index (χ0n) is 11.9. The van der Waals surface area contributed by atoms with Gasteiger partial charge in [0.15, 0.2) is 0 Å². The Morgan fingerprint density at radius 1 is 1.22 bits per heavy atom. The highest BCUT2D eigenvalue weighted by molar-refractivity contribution is 5.26. The molecule has 1 aromatic carbocycles. The lowest BCUT2D eigenvalue weighted by atomic mass is 9.74. The zero-order chi connectivity index (χ0) is 13.0. The third-order valence-corrected chi connectivity index (χ3v) is 4.59. The second kappa shape index (κ2) is 6.38. The van der Waals surface area contributed by atoms with Crippen LogP contribution < -0.4 is 5.73 Å². The van der Waals surface area contributed by atoms with E-state index in [0.717, 1.165) is 5.92 Å². The zero-order valence-corrected chi connectivity index (χ0v) is 11.9. The SMILES string of the molecule is CCCC1CCC(N)C(Cc2ccccc2C)C1. The molecule has 1 nitrogen and oxygen atoms in total. The summed E-state index contributed by atoms with van der Waals surface area (Å²) >= 11 is 0. The summed E-state index contributed by atoms with van der Waals surface area (Å²) in [4.78, 5) is 0. The molecule has 2 N–H and O–H groups in total. The van der Waals surface area contributed by atoms with E-state index >= 15 is 0 Å². The fourth-order valence-electron chi connectivity index (χ4n) is 3.41.